The molecule has 0 saturated heterocycles. The summed E-state index contributed by atoms with van der Waals surface area (Å²) in [6.07, 6.45) is 1.70. The van der Waals surface area contributed by atoms with Crippen molar-refractivity contribution in [2.45, 2.75) is 12.1 Å². The van der Waals surface area contributed by atoms with Gasteiger partial charge < -0.3 is 5.32 Å². The molecule has 0 spiro atoms. The first-order chi connectivity index (χ1) is 6.58. The summed E-state index contributed by atoms with van der Waals surface area (Å²) in [5.41, 5.74) is -2.42. The largest absolute Gasteiger partial charge is 0.441 e. The lowest BCUT2D eigenvalue weighted by Gasteiger charge is -2.05. The van der Waals surface area contributed by atoms with E-state index in [4.69, 9.17) is 0 Å². The summed E-state index contributed by atoms with van der Waals surface area (Å²) < 4.78 is 35.1. The zero-order valence-electron chi connectivity index (χ0n) is 7.17. The van der Waals surface area contributed by atoms with Gasteiger partial charge >= 0.3 is 5.51 Å². The number of thioether (sulfide) groups is 1. The average Bonchev–Trinajstić information content (AvgIpc) is 2.54. The van der Waals surface area contributed by atoms with Gasteiger partial charge in [-0.3, -0.25) is 4.98 Å². The number of hydrogen-bond donors (Lipinski definition) is 1. The maximum Gasteiger partial charge on any atom is 0.441 e. The molecular formula is C7H9F3N2S2. The monoisotopic (exact) mass is 242 g/mol. The van der Waals surface area contributed by atoms with Crippen LogP contribution in [0.2, 0.25) is 0 Å². The van der Waals surface area contributed by atoms with E-state index in [9.17, 15) is 13.2 Å². The summed E-state index contributed by atoms with van der Waals surface area (Å²) >= 11 is 1.48. The second kappa shape index (κ2) is 5.57. The fraction of sp³-hybridized carbons (Fsp3) is 0.571. The maximum absolute atomic E-state index is 11.7. The zero-order chi connectivity index (χ0) is 10.4. The van der Waals surface area contributed by atoms with Crippen LogP contribution in [0.15, 0.2) is 11.7 Å². The molecule has 1 N–H and O–H groups in total. The standard InChI is InChI=1S/C7H9F3N2S2/c8-7(9,10)14-2-1-11-3-6-4-12-5-13-6/h4-5,11H,1-3H2. The van der Waals surface area contributed by atoms with Gasteiger partial charge in [0.2, 0.25) is 0 Å². The Balaban J connectivity index is 2.00. The third kappa shape index (κ3) is 5.46. The van der Waals surface area contributed by atoms with E-state index in [-0.39, 0.29) is 17.5 Å². The van der Waals surface area contributed by atoms with Crippen LogP contribution in [0.4, 0.5) is 13.2 Å². The van der Waals surface area contributed by atoms with E-state index >= 15 is 0 Å². The van der Waals surface area contributed by atoms with Gasteiger partial charge in [-0.15, -0.1) is 11.3 Å². The highest BCUT2D eigenvalue weighted by Gasteiger charge is 2.27. The first-order valence-electron chi connectivity index (χ1n) is 3.87. The molecule has 0 radical (unpaired) electrons. The highest BCUT2D eigenvalue weighted by atomic mass is 32.2. The molecule has 1 aromatic heterocycles. The topological polar surface area (TPSA) is 24.9 Å². The van der Waals surface area contributed by atoms with Crippen molar-refractivity contribution in [1.82, 2.24) is 10.3 Å². The van der Waals surface area contributed by atoms with E-state index in [1.165, 1.54) is 11.3 Å². The van der Waals surface area contributed by atoms with Crippen molar-refractivity contribution in [3.63, 3.8) is 0 Å². The van der Waals surface area contributed by atoms with Crippen molar-refractivity contribution in [1.29, 1.82) is 0 Å². The summed E-state index contributed by atoms with van der Waals surface area (Å²) in [5, 5.41) is 2.91. The van der Waals surface area contributed by atoms with Crippen LogP contribution in [0, 0.1) is 0 Å². The van der Waals surface area contributed by atoms with Crippen molar-refractivity contribution < 1.29 is 13.2 Å². The fourth-order valence-corrected chi connectivity index (χ4v) is 1.82. The molecule has 0 unspecified atom stereocenters. The van der Waals surface area contributed by atoms with Gasteiger partial charge in [0.15, 0.2) is 0 Å². The van der Waals surface area contributed by atoms with E-state index < -0.39 is 5.51 Å². The molecule has 7 heteroatoms. The summed E-state index contributed by atoms with van der Waals surface area (Å²) in [6.45, 7) is 0.936. The Morgan fingerprint density at radius 2 is 2.29 bits per heavy atom. The van der Waals surface area contributed by atoms with E-state index in [0.29, 0.717) is 13.1 Å². The summed E-state index contributed by atoms with van der Waals surface area (Å²) in [4.78, 5) is 4.88. The molecular weight excluding hydrogens is 233 g/mol. The molecule has 1 heterocycles. The van der Waals surface area contributed by atoms with Gasteiger partial charge in [-0.2, -0.15) is 13.2 Å². The molecule has 0 atom stereocenters. The highest BCUT2D eigenvalue weighted by Crippen LogP contribution is 2.29. The van der Waals surface area contributed by atoms with Crippen LogP contribution in [0.1, 0.15) is 4.88 Å². The predicted molar refractivity (Wildman–Crippen MR) is 52.3 cm³/mol. The zero-order valence-corrected chi connectivity index (χ0v) is 8.81. The lowest BCUT2D eigenvalue weighted by Crippen LogP contribution is -2.17. The van der Waals surface area contributed by atoms with Crippen LogP contribution in [-0.4, -0.2) is 22.8 Å². The lowest BCUT2D eigenvalue weighted by atomic mass is 10.5. The number of thiazole rings is 1. The molecule has 0 aliphatic carbocycles. The third-order valence-corrected chi connectivity index (χ3v) is 2.84. The summed E-state index contributed by atoms with van der Waals surface area (Å²) in [5.74, 6) is 0.0440. The van der Waals surface area contributed by atoms with Gasteiger partial charge in [0.1, 0.15) is 0 Å². The Hall–Kier alpha value is -0.270. The number of alkyl halides is 3. The van der Waals surface area contributed by atoms with Crippen LogP contribution >= 0.6 is 23.1 Å². The number of rotatable bonds is 5. The number of halogens is 3. The Morgan fingerprint density at radius 1 is 1.50 bits per heavy atom. The Bertz CT molecular complexity index is 248. The first kappa shape index (κ1) is 11.8. The number of nitrogens with zero attached hydrogens (tertiary/aromatic N) is 1. The minimum Gasteiger partial charge on any atom is -0.311 e. The maximum atomic E-state index is 11.7. The minimum atomic E-state index is -4.12. The Kier molecular flexibility index (Phi) is 4.70. The second-order valence-electron chi connectivity index (χ2n) is 2.44. The van der Waals surface area contributed by atoms with Gasteiger partial charge in [0.25, 0.3) is 0 Å². The normalized spacial score (nSPS) is 11.9. The van der Waals surface area contributed by atoms with Crippen LogP contribution in [0.3, 0.4) is 0 Å². The third-order valence-electron chi connectivity index (χ3n) is 1.33. The van der Waals surface area contributed by atoms with Gasteiger partial charge in [0.05, 0.1) is 5.51 Å². The molecule has 2 nitrogen and oxygen atoms in total. The molecule has 14 heavy (non-hydrogen) atoms. The quantitative estimate of drug-likeness (QED) is 0.803. The molecule has 80 valence electrons. The molecule has 0 aromatic carbocycles. The SMILES string of the molecule is FC(F)(F)SCCNCc1cncs1. The smallest absolute Gasteiger partial charge is 0.311 e. The van der Waals surface area contributed by atoms with Gasteiger partial charge in [-0.25, -0.2) is 0 Å². The van der Waals surface area contributed by atoms with Crippen LogP contribution in [0.5, 0.6) is 0 Å². The van der Waals surface area contributed by atoms with Crippen molar-refractivity contribution in [3.8, 4) is 0 Å². The van der Waals surface area contributed by atoms with Gasteiger partial charge in [0, 0.05) is 29.9 Å². The molecule has 0 saturated carbocycles. The van der Waals surface area contributed by atoms with E-state index in [0.717, 1.165) is 4.88 Å². The van der Waals surface area contributed by atoms with Gasteiger partial charge in [-0.05, 0) is 11.8 Å². The average molecular weight is 242 g/mol. The van der Waals surface area contributed by atoms with Crippen molar-refractivity contribution >= 4 is 23.1 Å². The van der Waals surface area contributed by atoms with Crippen molar-refractivity contribution in [2.24, 2.45) is 0 Å². The van der Waals surface area contributed by atoms with Crippen LogP contribution in [0.25, 0.3) is 0 Å². The molecule has 0 fully saturated rings. The number of hydrogen-bond acceptors (Lipinski definition) is 4. The molecule has 1 rings (SSSR count). The van der Waals surface area contributed by atoms with Crippen LogP contribution in [-0.2, 0) is 6.54 Å². The Labute approximate surface area is 87.9 Å². The minimum absolute atomic E-state index is 0.00396. The lowest BCUT2D eigenvalue weighted by molar-refractivity contribution is -0.0327. The van der Waals surface area contributed by atoms with E-state index in [1.54, 1.807) is 11.7 Å². The summed E-state index contributed by atoms with van der Waals surface area (Å²) in [7, 11) is 0. The summed E-state index contributed by atoms with van der Waals surface area (Å²) in [6, 6.07) is 0. The fourth-order valence-electron chi connectivity index (χ4n) is 0.780. The van der Waals surface area contributed by atoms with Crippen LogP contribution < -0.4 is 5.32 Å². The molecule has 0 bridgehead atoms. The molecule has 0 aliphatic rings. The first-order valence-corrected chi connectivity index (χ1v) is 5.73. The molecule has 0 amide bonds. The molecule has 0 aliphatic heterocycles. The molecule has 1 aromatic rings. The Morgan fingerprint density at radius 3 is 2.86 bits per heavy atom. The number of nitrogens with one attached hydrogen (secondary N) is 1. The van der Waals surface area contributed by atoms with E-state index in [2.05, 4.69) is 10.3 Å². The number of aromatic nitrogens is 1. The highest BCUT2D eigenvalue weighted by molar-refractivity contribution is 8.00. The second-order valence-corrected chi connectivity index (χ2v) is 4.57. The van der Waals surface area contributed by atoms with Crippen molar-refractivity contribution in [3.05, 3.63) is 16.6 Å². The predicted octanol–water partition coefficient (Wildman–Crippen LogP) is 2.49. The van der Waals surface area contributed by atoms with Gasteiger partial charge in [-0.1, -0.05) is 0 Å². The van der Waals surface area contributed by atoms with E-state index in [1.807, 2.05) is 0 Å². The van der Waals surface area contributed by atoms with Crippen molar-refractivity contribution in [2.75, 3.05) is 12.3 Å².